The first kappa shape index (κ1) is 15.2. The van der Waals surface area contributed by atoms with Crippen LogP contribution in [0.2, 0.25) is 0 Å². The van der Waals surface area contributed by atoms with Gasteiger partial charge in [-0.05, 0) is 56.5 Å². The topological polar surface area (TPSA) is 32.5 Å². The van der Waals surface area contributed by atoms with Crippen LogP contribution in [0.4, 0.5) is 11.4 Å². The molecule has 3 nitrogen and oxygen atoms in total. The summed E-state index contributed by atoms with van der Waals surface area (Å²) in [5.74, 6) is 0. The normalized spacial score (nSPS) is 14.7. The van der Waals surface area contributed by atoms with E-state index in [2.05, 4.69) is 35.8 Å². The monoisotopic (exact) mass is 275 g/mol. The number of anilines is 2. The van der Waals surface area contributed by atoms with Crippen molar-refractivity contribution in [3.8, 4) is 0 Å². The zero-order valence-corrected chi connectivity index (χ0v) is 13.1. The van der Waals surface area contributed by atoms with Crippen molar-refractivity contribution in [2.45, 2.75) is 39.5 Å². The molecule has 0 amide bonds. The quantitative estimate of drug-likeness (QED) is 0.776. The molecule has 0 aliphatic carbocycles. The van der Waals surface area contributed by atoms with E-state index in [-0.39, 0.29) is 0 Å². The number of benzene rings is 1. The Bertz CT molecular complexity index is 411. The number of aryl methyl sites for hydroxylation is 1. The van der Waals surface area contributed by atoms with Gasteiger partial charge in [-0.1, -0.05) is 19.9 Å². The summed E-state index contributed by atoms with van der Waals surface area (Å²) in [5, 5.41) is 0. The molecule has 0 saturated heterocycles. The number of hydrogen-bond acceptors (Lipinski definition) is 3. The summed E-state index contributed by atoms with van der Waals surface area (Å²) in [6.07, 6.45) is 4.94. The van der Waals surface area contributed by atoms with Crippen LogP contribution >= 0.6 is 0 Å². The van der Waals surface area contributed by atoms with Crippen LogP contribution in [0.1, 0.15) is 38.7 Å². The van der Waals surface area contributed by atoms with Gasteiger partial charge in [0.1, 0.15) is 0 Å². The standard InChI is InChI=1S/C17H29N3/c1-3-9-19(10-4-2)12-13-20-11-5-6-15-7-8-16(18)14-17(15)20/h7-8,14H,3-6,9-13,18H2,1-2H3. The second-order valence-corrected chi connectivity index (χ2v) is 5.82. The first-order valence-electron chi connectivity index (χ1n) is 8.10. The van der Waals surface area contributed by atoms with Gasteiger partial charge in [-0.3, -0.25) is 0 Å². The lowest BCUT2D eigenvalue weighted by Crippen LogP contribution is -2.38. The predicted octanol–water partition coefficient (Wildman–Crippen LogP) is 3.14. The Morgan fingerprint density at radius 3 is 2.60 bits per heavy atom. The Hall–Kier alpha value is -1.22. The van der Waals surface area contributed by atoms with Gasteiger partial charge in [-0.25, -0.2) is 0 Å². The molecule has 3 heteroatoms. The zero-order valence-electron chi connectivity index (χ0n) is 13.1. The van der Waals surface area contributed by atoms with Crippen LogP contribution in [0.25, 0.3) is 0 Å². The third kappa shape index (κ3) is 3.89. The molecule has 0 unspecified atom stereocenters. The van der Waals surface area contributed by atoms with Crippen molar-refractivity contribution in [3.63, 3.8) is 0 Å². The molecule has 0 aromatic heterocycles. The van der Waals surface area contributed by atoms with Crippen molar-refractivity contribution in [1.82, 2.24) is 4.90 Å². The van der Waals surface area contributed by atoms with E-state index in [1.165, 1.54) is 56.6 Å². The number of nitrogen functional groups attached to an aromatic ring is 1. The minimum Gasteiger partial charge on any atom is -0.399 e. The van der Waals surface area contributed by atoms with Crippen LogP contribution in [0, 0.1) is 0 Å². The van der Waals surface area contributed by atoms with Gasteiger partial charge < -0.3 is 15.5 Å². The minimum absolute atomic E-state index is 0.884. The smallest absolute Gasteiger partial charge is 0.0419 e. The Morgan fingerprint density at radius 1 is 1.15 bits per heavy atom. The largest absolute Gasteiger partial charge is 0.399 e. The molecule has 20 heavy (non-hydrogen) atoms. The van der Waals surface area contributed by atoms with Crippen LogP contribution < -0.4 is 10.6 Å². The molecule has 1 aromatic rings. The molecule has 0 atom stereocenters. The number of rotatable bonds is 7. The molecular weight excluding hydrogens is 246 g/mol. The fourth-order valence-electron chi connectivity index (χ4n) is 3.13. The third-order valence-electron chi connectivity index (χ3n) is 4.09. The number of hydrogen-bond donors (Lipinski definition) is 1. The fourth-order valence-corrected chi connectivity index (χ4v) is 3.13. The SMILES string of the molecule is CCCN(CCC)CCN1CCCc2ccc(N)cc21. The zero-order chi connectivity index (χ0) is 14.4. The van der Waals surface area contributed by atoms with Crippen molar-refractivity contribution in [1.29, 1.82) is 0 Å². The maximum absolute atomic E-state index is 5.96. The molecule has 0 bridgehead atoms. The lowest BCUT2D eigenvalue weighted by atomic mass is 10.0. The van der Waals surface area contributed by atoms with Crippen LogP contribution in [0.3, 0.4) is 0 Å². The Kier molecular flexibility index (Phi) is 5.72. The highest BCUT2D eigenvalue weighted by Crippen LogP contribution is 2.28. The molecule has 0 spiro atoms. The van der Waals surface area contributed by atoms with Crippen molar-refractivity contribution in [2.75, 3.05) is 43.4 Å². The summed E-state index contributed by atoms with van der Waals surface area (Å²) in [4.78, 5) is 5.11. The molecule has 1 aliphatic rings. The number of nitrogens with two attached hydrogens (primary N) is 1. The second-order valence-electron chi connectivity index (χ2n) is 5.82. The summed E-state index contributed by atoms with van der Waals surface area (Å²) in [6, 6.07) is 6.38. The Morgan fingerprint density at radius 2 is 1.90 bits per heavy atom. The van der Waals surface area contributed by atoms with Gasteiger partial charge in [0.15, 0.2) is 0 Å². The fraction of sp³-hybridized carbons (Fsp3) is 0.647. The molecule has 1 heterocycles. The van der Waals surface area contributed by atoms with E-state index < -0.39 is 0 Å². The van der Waals surface area contributed by atoms with Crippen molar-refractivity contribution in [3.05, 3.63) is 23.8 Å². The Balaban J connectivity index is 1.98. The molecule has 2 rings (SSSR count). The third-order valence-corrected chi connectivity index (χ3v) is 4.09. The summed E-state index contributed by atoms with van der Waals surface area (Å²) in [7, 11) is 0. The van der Waals surface area contributed by atoms with Gasteiger partial charge in [0.05, 0.1) is 0 Å². The maximum Gasteiger partial charge on any atom is 0.0419 e. The summed E-state index contributed by atoms with van der Waals surface area (Å²) < 4.78 is 0. The summed E-state index contributed by atoms with van der Waals surface area (Å²) >= 11 is 0. The van der Waals surface area contributed by atoms with E-state index in [4.69, 9.17) is 5.73 Å². The molecule has 1 aliphatic heterocycles. The average Bonchev–Trinajstić information content (AvgIpc) is 2.45. The first-order chi connectivity index (χ1) is 9.74. The maximum atomic E-state index is 5.96. The van der Waals surface area contributed by atoms with Gasteiger partial charge in [0.25, 0.3) is 0 Å². The van der Waals surface area contributed by atoms with E-state index in [0.717, 1.165) is 18.8 Å². The van der Waals surface area contributed by atoms with Crippen molar-refractivity contribution >= 4 is 11.4 Å². The molecule has 112 valence electrons. The summed E-state index contributed by atoms with van der Waals surface area (Å²) in [6.45, 7) is 10.4. The lowest BCUT2D eigenvalue weighted by Gasteiger charge is -2.33. The molecule has 1 aromatic carbocycles. The highest BCUT2D eigenvalue weighted by molar-refractivity contribution is 5.62. The highest BCUT2D eigenvalue weighted by atomic mass is 15.2. The summed E-state index contributed by atoms with van der Waals surface area (Å²) in [5.41, 5.74) is 9.67. The lowest BCUT2D eigenvalue weighted by molar-refractivity contribution is 0.279. The molecule has 0 fully saturated rings. The predicted molar refractivity (Wildman–Crippen MR) is 88.4 cm³/mol. The van der Waals surface area contributed by atoms with Crippen LogP contribution in [-0.4, -0.2) is 37.6 Å². The van der Waals surface area contributed by atoms with E-state index in [1.807, 2.05) is 6.07 Å². The van der Waals surface area contributed by atoms with Gasteiger partial charge in [0, 0.05) is 31.0 Å². The average molecular weight is 275 g/mol. The van der Waals surface area contributed by atoms with Crippen molar-refractivity contribution in [2.24, 2.45) is 0 Å². The van der Waals surface area contributed by atoms with Crippen LogP contribution in [0.15, 0.2) is 18.2 Å². The molecule has 0 saturated carbocycles. The number of nitrogens with zero attached hydrogens (tertiary/aromatic N) is 2. The van der Waals surface area contributed by atoms with Gasteiger partial charge in [-0.15, -0.1) is 0 Å². The van der Waals surface area contributed by atoms with Gasteiger partial charge in [0.2, 0.25) is 0 Å². The van der Waals surface area contributed by atoms with Crippen molar-refractivity contribution < 1.29 is 0 Å². The van der Waals surface area contributed by atoms with E-state index >= 15 is 0 Å². The van der Waals surface area contributed by atoms with Gasteiger partial charge >= 0.3 is 0 Å². The van der Waals surface area contributed by atoms with Crippen LogP contribution in [-0.2, 0) is 6.42 Å². The van der Waals surface area contributed by atoms with E-state index in [1.54, 1.807) is 0 Å². The highest BCUT2D eigenvalue weighted by Gasteiger charge is 2.17. The second kappa shape index (κ2) is 7.53. The molecule has 0 radical (unpaired) electrons. The molecular formula is C17H29N3. The molecule has 2 N–H and O–H groups in total. The number of fused-ring (bicyclic) bond motifs is 1. The van der Waals surface area contributed by atoms with Crippen LogP contribution in [0.5, 0.6) is 0 Å². The van der Waals surface area contributed by atoms with Gasteiger partial charge in [-0.2, -0.15) is 0 Å². The van der Waals surface area contributed by atoms with E-state index in [0.29, 0.717) is 0 Å². The minimum atomic E-state index is 0.884. The Labute approximate surface area is 123 Å². The first-order valence-corrected chi connectivity index (χ1v) is 8.10. The van der Waals surface area contributed by atoms with E-state index in [9.17, 15) is 0 Å².